The molecule has 6 heteroatoms. The van der Waals surface area contributed by atoms with E-state index in [0.29, 0.717) is 5.56 Å². The summed E-state index contributed by atoms with van der Waals surface area (Å²) < 4.78 is 36.3. The smallest absolute Gasteiger partial charge is 0.388 e. The second-order valence-corrected chi connectivity index (χ2v) is 5.14. The normalized spacial score (nSPS) is 14.4. The van der Waals surface area contributed by atoms with Crippen molar-refractivity contribution < 1.29 is 18.3 Å². The molecular weight excluding hydrogens is 281 g/mol. The lowest BCUT2D eigenvalue weighted by Crippen LogP contribution is -2.09. The Kier molecular flexibility index (Phi) is 3.97. The predicted molar refractivity (Wildman–Crippen MR) is 52.3 cm³/mol. The van der Waals surface area contributed by atoms with Crippen LogP contribution in [-0.4, -0.2) is 11.3 Å². The summed E-state index contributed by atoms with van der Waals surface area (Å²) in [4.78, 5) is 0. The van der Waals surface area contributed by atoms with Gasteiger partial charge in [0.2, 0.25) is 0 Å². The van der Waals surface area contributed by atoms with Crippen molar-refractivity contribution in [2.45, 2.75) is 25.1 Å². The largest absolute Gasteiger partial charge is 0.389 e. The summed E-state index contributed by atoms with van der Waals surface area (Å²) in [6.45, 7) is 0. The van der Waals surface area contributed by atoms with Crippen LogP contribution in [0.2, 0.25) is 0 Å². The van der Waals surface area contributed by atoms with Gasteiger partial charge in [0, 0.05) is 6.42 Å². The minimum atomic E-state index is -4.20. The SMILES string of the molecule is OC(CCC(F)(F)F)c1csc(Br)c1. The molecule has 80 valence electrons. The molecule has 0 aliphatic heterocycles. The van der Waals surface area contributed by atoms with E-state index in [-0.39, 0.29) is 6.42 Å². The molecule has 1 atom stereocenters. The monoisotopic (exact) mass is 288 g/mol. The molecule has 1 nitrogen and oxygen atoms in total. The predicted octanol–water partition coefficient (Wildman–Crippen LogP) is 3.89. The van der Waals surface area contributed by atoms with Crippen LogP contribution in [0, 0.1) is 0 Å². The maximum absolute atomic E-state index is 11.8. The molecule has 1 aromatic rings. The first-order valence-electron chi connectivity index (χ1n) is 3.87. The first-order valence-corrected chi connectivity index (χ1v) is 5.54. The lowest BCUT2D eigenvalue weighted by atomic mass is 10.1. The van der Waals surface area contributed by atoms with Gasteiger partial charge in [0.05, 0.1) is 9.89 Å². The second kappa shape index (κ2) is 4.63. The van der Waals surface area contributed by atoms with Gasteiger partial charge in [-0.05, 0) is 39.4 Å². The van der Waals surface area contributed by atoms with Gasteiger partial charge in [0.25, 0.3) is 0 Å². The summed E-state index contributed by atoms with van der Waals surface area (Å²) >= 11 is 4.52. The van der Waals surface area contributed by atoms with Crippen LogP contribution in [0.25, 0.3) is 0 Å². The maximum Gasteiger partial charge on any atom is 0.389 e. The van der Waals surface area contributed by atoms with E-state index in [9.17, 15) is 18.3 Å². The topological polar surface area (TPSA) is 20.2 Å². The highest BCUT2D eigenvalue weighted by atomic mass is 79.9. The molecule has 0 spiro atoms. The van der Waals surface area contributed by atoms with E-state index in [4.69, 9.17) is 0 Å². The highest BCUT2D eigenvalue weighted by Crippen LogP contribution is 2.31. The second-order valence-electron chi connectivity index (χ2n) is 2.85. The van der Waals surface area contributed by atoms with Crippen LogP contribution >= 0.6 is 27.3 Å². The molecule has 0 radical (unpaired) electrons. The Bertz CT molecular complexity index is 297. The fourth-order valence-corrected chi connectivity index (χ4v) is 2.19. The van der Waals surface area contributed by atoms with Crippen LogP contribution in [0.15, 0.2) is 15.2 Å². The zero-order chi connectivity index (χ0) is 10.8. The van der Waals surface area contributed by atoms with Gasteiger partial charge in [-0.2, -0.15) is 13.2 Å². The fraction of sp³-hybridized carbons (Fsp3) is 0.500. The average Bonchev–Trinajstić information content (AvgIpc) is 2.46. The van der Waals surface area contributed by atoms with E-state index in [0.717, 1.165) is 3.79 Å². The molecule has 1 aromatic heterocycles. The number of hydrogen-bond acceptors (Lipinski definition) is 2. The van der Waals surface area contributed by atoms with Crippen LogP contribution in [-0.2, 0) is 0 Å². The highest BCUT2D eigenvalue weighted by molar-refractivity contribution is 9.11. The molecule has 0 saturated carbocycles. The van der Waals surface area contributed by atoms with E-state index >= 15 is 0 Å². The van der Waals surface area contributed by atoms with Crippen LogP contribution in [0.1, 0.15) is 24.5 Å². The van der Waals surface area contributed by atoms with Crippen molar-refractivity contribution in [3.63, 3.8) is 0 Å². The van der Waals surface area contributed by atoms with Crippen molar-refractivity contribution in [3.8, 4) is 0 Å². The van der Waals surface area contributed by atoms with E-state index in [2.05, 4.69) is 15.9 Å². The van der Waals surface area contributed by atoms with Gasteiger partial charge in [0.15, 0.2) is 0 Å². The van der Waals surface area contributed by atoms with Crippen molar-refractivity contribution in [1.82, 2.24) is 0 Å². The molecule has 1 heterocycles. The number of thiophene rings is 1. The Morgan fingerprint density at radius 2 is 2.14 bits per heavy atom. The van der Waals surface area contributed by atoms with Crippen molar-refractivity contribution in [3.05, 3.63) is 20.8 Å². The average molecular weight is 289 g/mol. The summed E-state index contributed by atoms with van der Waals surface area (Å²) in [5.74, 6) is 0. The summed E-state index contributed by atoms with van der Waals surface area (Å²) in [5, 5.41) is 11.0. The molecule has 0 bridgehead atoms. The molecule has 1 unspecified atom stereocenters. The number of halogens is 4. The third-order valence-corrected chi connectivity index (χ3v) is 3.20. The van der Waals surface area contributed by atoms with Crippen molar-refractivity contribution >= 4 is 27.3 Å². The Hall–Kier alpha value is -0.0700. The van der Waals surface area contributed by atoms with Gasteiger partial charge in [-0.1, -0.05) is 0 Å². The first-order chi connectivity index (χ1) is 6.38. The van der Waals surface area contributed by atoms with Crippen LogP contribution in [0.3, 0.4) is 0 Å². The first kappa shape index (κ1) is 12.0. The van der Waals surface area contributed by atoms with E-state index in [1.165, 1.54) is 11.3 Å². The van der Waals surface area contributed by atoms with Crippen molar-refractivity contribution in [1.29, 1.82) is 0 Å². The van der Waals surface area contributed by atoms with Crippen LogP contribution < -0.4 is 0 Å². The van der Waals surface area contributed by atoms with Crippen LogP contribution in [0.4, 0.5) is 13.2 Å². The highest BCUT2D eigenvalue weighted by Gasteiger charge is 2.28. The number of rotatable bonds is 3. The van der Waals surface area contributed by atoms with Gasteiger partial charge in [-0.25, -0.2) is 0 Å². The van der Waals surface area contributed by atoms with E-state index in [1.54, 1.807) is 11.4 Å². The number of hydrogen-bond donors (Lipinski definition) is 1. The maximum atomic E-state index is 11.8. The Balaban J connectivity index is 2.47. The summed E-state index contributed by atoms with van der Waals surface area (Å²) in [5.41, 5.74) is 0.533. The minimum absolute atomic E-state index is 0.285. The molecule has 1 N–H and O–H groups in total. The summed E-state index contributed by atoms with van der Waals surface area (Å²) in [7, 11) is 0. The lowest BCUT2D eigenvalue weighted by Gasteiger charge is -2.10. The lowest BCUT2D eigenvalue weighted by molar-refractivity contribution is -0.140. The third kappa shape index (κ3) is 3.98. The Morgan fingerprint density at radius 3 is 2.57 bits per heavy atom. The van der Waals surface area contributed by atoms with Gasteiger partial charge >= 0.3 is 6.18 Å². The number of alkyl halides is 3. The number of aliphatic hydroxyl groups is 1. The van der Waals surface area contributed by atoms with Gasteiger partial charge in [-0.3, -0.25) is 0 Å². The molecule has 0 amide bonds. The van der Waals surface area contributed by atoms with Gasteiger partial charge in [0.1, 0.15) is 0 Å². The Morgan fingerprint density at radius 1 is 1.50 bits per heavy atom. The van der Waals surface area contributed by atoms with Gasteiger partial charge in [-0.15, -0.1) is 11.3 Å². The minimum Gasteiger partial charge on any atom is -0.388 e. The van der Waals surface area contributed by atoms with Gasteiger partial charge < -0.3 is 5.11 Å². The molecule has 0 fully saturated rings. The zero-order valence-corrected chi connectivity index (χ0v) is 9.42. The standard InChI is InChI=1S/C8H8BrF3OS/c9-7-3-5(4-14-7)6(13)1-2-8(10,11)12/h3-4,6,13H,1-2H2. The van der Waals surface area contributed by atoms with E-state index in [1.807, 2.05) is 0 Å². The molecule has 14 heavy (non-hydrogen) atoms. The fourth-order valence-electron chi connectivity index (χ4n) is 0.965. The molecule has 0 aromatic carbocycles. The molecule has 0 aliphatic rings. The van der Waals surface area contributed by atoms with E-state index < -0.39 is 18.7 Å². The molecule has 1 rings (SSSR count). The molecule has 0 saturated heterocycles. The Labute approximate surface area is 91.7 Å². The van der Waals surface area contributed by atoms with Crippen LogP contribution in [0.5, 0.6) is 0 Å². The van der Waals surface area contributed by atoms with Crippen molar-refractivity contribution in [2.75, 3.05) is 0 Å². The molecular formula is C8H8BrF3OS. The summed E-state index contributed by atoms with van der Waals surface area (Å²) in [6.07, 6.45) is -6.47. The summed E-state index contributed by atoms with van der Waals surface area (Å²) in [6, 6.07) is 1.63. The number of aliphatic hydroxyl groups excluding tert-OH is 1. The zero-order valence-electron chi connectivity index (χ0n) is 7.01. The third-order valence-electron chi connectivity index (χ3n) is 1.67. The van der Waals surface area contributed by atoms with Crippen molar-refractivity contribution in [2.24, 2.45) is 0 Å². The molecule has 0 aliphatic carbocycles. The quantitative estimate of drug-likeness (QED) is 0.895.